The van der Waals surface area contributed by atoms with Gasteiger partial charge in [-0.25, -0.2) is 4.79 Å². The Kier molecular flexibility index (Phi) is 6.86. The van der Waals surface area contributed by atoms with Gasteiger partial charge in [-0.2, -0.15) is 13.2 Å². The molecule has 0 saturated carbocycles. The fourth-order valence-corrected chi connectivity index (χ4v) is 2.82. The Bertz CT molecular complexity index is 395. The number of halogens is 3. The van der Waals surface area contributed by atoms with Crippen LogP contribution in [0.5, 0.6) is 0 Å². The van der Waals surface area contributed by atoms with Crippen LogP contribution in [0.2, 0.25) is 0 Å². The molecule has 0 N–H and O–H groups in total. The van der Waals surface area contributed by atoms with Gasteiger partial charge >= 0.3 is 12.1 Å². The molecular formula is C13H19F3O4S. The molecule has 1 heterocycles. The summed E-state index contributed by atoms with van der Waals surface area (Å²) >= 11 is 1.24. The first kappa shape index (κ1) is 18.2. The Morgan fingerprint density at radius 2 is 2.00 bits per heavy atom. The van der Waals surface area contributed by atoms with Crippen molar-refractivity contribution in [2.75, 3.05) is 19.0 Å². The quantitative estimate of drug-likeness (QED) is 0.700. The monoisotopic (exact) mass is 328 g/mol. The first-order chi connectivity index (χ1) is 9.85. The van der Waals surface area contributed by atoms with E-state index in [9.17, 15) is 18.0 Å². The minimum Gasteiger partial charge on any atom is -0.474 e. The summed E-state index contributed by atoms with van der Waals surface area (Å²) < 4.78 is 54.5. The van der Waals surface area contributed by atoms with Gasteiger partial charge in [-0.1, -0.05) is 6.92 Å². The average Bonchev–Trinajstić information content (AvgIpc) is 2.38. The number of alkyl halides is 3. The zero-order valence-electron chi connectivity index (χ0n) is 12.2. The van der Waals surface area contributed by atoms with E-state index in [1.165, 1.54) is 18.7 Å². The second-order valence-electron chi connectivity index (χ2n) is 4.14. The minimum absolute atomic E-state index is 0.0144. The number of ether oxygens (including phenoxy) is 3. The third-order valence-corrected chi connectivity index (χ3v) is 3.69. The molecule has 0 radical (unpaired) electrons. The van der Waals surface area contributed by atoms with E-state index in [1.807, 2.05) is 6.92 Å². The largest absolute Gasteiger partial charge is 0.474 e. The van der Waals surface area contributed by atoms with Crippen LogP contribution >= 0.6 is 11.8 Å². The van der Waals surface area contributed by atoms with Crippen molar-refractivity contribution in [2.24, 2.45) is 0 Å². The van der Waals surface area contributed by atoms with Crippen molar-refractivity contribution in [2.45, 2.75) is 44.9 Å². The van der Waals surface area contributed by atoms with E-state index in [1.54, 1.807) is 6.92 Å². The molecule has 0 saturated heterocycles. The Morgan fingerprint density at radius 1 is 1.33 bits per heavy atom. The molecule has 0 aromatic carbocycles. The van der Waals surface area contributed by atoms with Crippen LogP contribution in [-0.4, -0.2) is 42.7 Å². The van der Waals surface area contributed by atoms with Gasteiger partial charge < -0.3 is 14.2 Å². The van der Waals surface area contributed by atoms with Crippen LogP contribution in [0, 0.1) is 0 Å². The number of esters is 1. The molecule has 122 valence electrons. The topological polar surface area (TPSA) is 44.8 Å². The van der Waals surface area contributed by atoms with Crippen LogP contribution in [0.1, 0.15) is 27.2 Å². The molecule has 0 amide bonds. The third-order valence-electron chi connectivity index (χ3n) is 2.70. The molecule has 21 heavy (non-hydrogen) atoms. The van der Waals surface area contributed by atoms with E-state index >= 15 is 0 Å². The van der Waals surface area contributed by atoms with Gasteiger partial charge in [0.05, 0.1) is 12.7 Å². The van der Waals surface area contributed by atoms with Crippen LogP contribution in [-0.2, 0) is 19.0 Å². The molecule has 8 heteroatoms. The normalized spacial score (nSPS) is 23.0. The highest BCUT2D eigenvalue weighted by molar-refractivity contribution is 7.99. The summed E-state index contributed by atoms with van der Waals surface area (Å²) in [6, 6.07) is 0. The van der Waals surface area contributed by atoms with Crippen molar-refractivity contribution in [3.8, 4) is 0 Å². The average molecular weight is 328 g/mol. The van der Waals surface area contributed by atoms with Crippen molar-refractivity contribution >= 4 is 17.7 Å². The highest BCUT2D eigenvalue weighted by atomic mass is 32.2. The van der Waals surface area contributed by atoms with E-state index in [0.717, 1.165) is 0 Å². The zero-order chi connectivity index (χ0) is 16.0. The zero-order valence-corrected chi connectivity index (χ0v) is 13.0. The van der Waals surface area contributed by atoms with Gasteiger partial charge in [0.15, 0.2) is 0 Å². The molecule has 0 spiro atoms. The third kappa shape index (κ3) is 4.81. The van der Waals surface area contributed by atoms with E-state index < -0.39 is 35.0 Å². The van der Waals surface area contributed by atoms with Gasteiger partial charge in [-0.05, 0) is 19.6 Å². The van der Waals surface area contributed by atoms with Crippen LogP contribution < -0.4 is 0 Å². The lowest BCUT2D eigenvalue weighted by atomic mass is 10.0. The van der Waals surface area contributed by atoms with Crippen molar-refractivity contribution < 1.29 is 32.2 Å². The predicted octanol–water partition coefficient (Wildman–Crippen LogP) is 3.27. The molecule has 0 bridgehead atoms. The summed E-state index contributed by atoms with van der Waals surface area (Å²) in [7, 11) is 0. The van der Waals surface area contributed by atoms with Crippen LogP contribution in [0.3, 0.4) is 0 Å². The second-order valence-corrected chi connectivity index (χ2v) is 5.58. The molecule has 0 fully saturated rings. The van der Waals surface area contributed by atoms with Gasteiger partial charge in [0.2, 0.25) is 5.76 Å². The molecule has 2 atom stereocenters. The Balaban J connectivity index is 3.21. The van der Waals surface area contributed by atoms with Gasteiger partial charge in [-0.3, -0.25) is 0 Å². The molecule has 0 aromatic heterocycles. The maximum absolute atomic E-state index is 13.2. The fraction of sp³-hybridized carbons (Fsp3) is 0.769. The van der Waals surface area contributed by atoms with E-state index in [4.69, 9.17) is 14.2 Å². The first-order valence-corrected chi connectivity index (χ1v) is 7.78. The number of carbonyl (C=O) groups excluding carboxylic acids is 1. The van der Waals surface area contributed by atoms with Crippen molar-refractivity contribution in [1.29, 1.82) is 0 Å². The van der Waals surface area contributed by atoms with Crippen LogP contribution in [0.4, 0.5) is 13.2 Å². The minimum atomic E-state index is -4.76. The predicted molar refractivity (Wildman–Crippen MR) is 72.8 cm³/mol. The Morgan fingerprint density at radius 3 is 2.48 bits per heavy atom. The van der Waals surface area contributed by atoms with Crippen molar-refractivity contribution in [3.63, 3.8) is 0 Å². The highest BCUT2D eigenvalue weighted by Gasteiger charge is 2.48. The number of hydrogen-bond donors (Lipinski definition) is 0. The van der Waals surface area contributed by atoms with Crippen molar-refractivity contribution in [1.82, 2.24) is 0 Å². The molecule has 0 aromatic rings. The number of hydrogen-bond acceptors (Lipinski definition) is 5. The van der Waals surface area contributed by atoms with E-state index in [0.29, 0.717) is 5.75 Å². The summed E-state index contributed by atoms with van der Waals surface area (Å²) in [5.41, 5.74) is -1.26. The molecule has 1 aliphatic heterocycles. The van der Waals surface area contributed by atoms with Crippen LogP contribution in [0.25, 0.3) is 0 Å². The van der Waals surface area contributed by atoms with Gasteiger partial charge in [-0.15, -0.1) is 11.8 Å². The number of rotatable bonds is 6. The van der Waals surface area contributed by atoms with Gasteiger partial charge in [0, 0.05) is 13.0 Å². The lowest BCUT2D eigenvalue weighted by molar-refractivity contribution is -0.156. The molecule has 0 aliphatic carbocycles. The van der Waals surface area contributed by atoms with Crippen LogP contribution in [0.15, 0.2) is 11.3 Å². The maximum Gasteiger partial charge on any atom is 0.449 e. The number of carbonyl (C=O) groups is 1. The molecule has 2 unspecified atom stereocenters. The summed E-state index contributed by atoms with van der Waals surface area (Å²) in [6.07, 6.45) is -5.55. The fourth-order valence-electron chi connectivity index (χ4n) is 1.97. The van der Waals surface area contributed by atoms with E-state index in [2.05, 4.69) is 0 Å². The summed E-state index contributed by atoms with van der Waals surface area (Å²) in [4.78, 5) is 11.9. The molecule has 1 aliphatic rings. The number of allylic oxidation sites excluding steroid dienone is 1. The lowest BCUT2D eigenvalue weighted by Crippen LogP contribution is -2.38. The smallest absolute Gasteiger partial charge is 0.449 e. The highest BCUT2D eigenvalue weighted by Crippen LogP contribution is 2.40. The second kappa shape index (κ2) is 7.93. The molecular weight excluding hydrogens is 309 g/mol. The van der Waals surface area contributed by atoms with Gasteiger partial charge in [0.1, 0.15) is 11.0 Å². The van der Waals surface area contributed by atoms with Crippen molar-refractivity contribution in [3.05, 3.63) is 11.3 Å². The maximum atomic E-state index is 13.2. The lowest BCUT2D eigenvalue weighted by Gasteiger charge is -2.33. The standard InChI is InChI=1S/C13H19F3O4S/c1-4-18-8-7-9(21-6-3)20-11(13(14,15)16)10(8)12(17)19-5-2/h8-9H,4-7H2,1-3H3. The SMILES string of the molecule is CCOC(=O)C1=C(C(F)(F)F)OC(SCC)CC1OCC. The summed E-state index contributed by atoms with van der Waals surface area (Å²) in [5.74, 6) is -1.73. The molecule has 4 nitrogen and oxygen atoms in total. The number of thioether (sulfide) groups is 1. The first-order valence-electron chi connectivity index (χ1n) is 6.73. The van der Waals surface area contributed by atoms with E-state index in [-0.39, 0.29) is 19.6 Å². The Hall–Kier alpha value is -0.890. The molecule has 1 rings (SSSR count). The van der Waals surface area contributed by atoms with Gasteiger partial charge in [0.25, 0.3) is 0 Å². The summed E-state index contributed by atoms with van der Waals surface area (Å²) in [5, 5.41) is 0. The summed E-state index contributed by atoms with van der Waals surface area (Å²) in [6.45, 7) is 5.19. The Labute approximate surface area is 126 Å².